The van der Waals surface area contributed by atoms with Crippen molar-refractivity contribution in [2.24, 2.45) is 0 Å². The number of nitrogens with one attached hydrogen (secondary N) is 1. The number of benzene rings is 2. The van der Waals surface area contributed by atoms with E-state index in [2.05, 4.69) is 5.32 Å². The van der Waals surface area contributed by atoms with E-state index in [1.165, 1.54) is 4.90 Å². The molecule has 0 atom stereocenters. The van der Waals surface area contributed by atoms with Gasteiger partial charge in [-0.05, 0) is 54.0 Å². The van der Waals surface area contributed by atoms with Gasteiger partial charge >= 0.3 is 0 Å². The Morgan fingerprint density at radius 1 is 1.21 bits per heavy atom. The third kappa shape index (κ3) is 3.18. The Kier molecular flexibility index (Phi) is 4.90. The van der Waals surface area contributed by atoms with Crippen LogP contribution in [0.5, 0.6) is 0 Å². The summed E-state index contributed by atoms with van der Waals surface area (Å²) < 4.78 is 0. The molecular formula is C18H14Cl2N2OS. The van der Waals surface area contributed by atoms with E-state index in [0.29, 0.717) is 26.4 Å². The SMILES string of the molecule is CCc1ccccc1N1C(=O)/C(=C\c2ccc(Cl)cc2Cl)NC1=S. The van der Waals surface area contributed by atoms with Gasteiger partial charge in [0.2, 0.25) is 0 Å². The van der Waals surface area contributed by atoms with Gasteiger partial charge in [-0.15, -0.1) is 0 Å². The number of amides is 1. The number of aryl methyl sites for hydroxylation is 1. The number of nitrogens with zero attached hydrogens (tertiary/aromatic N) is 1. The molecular weight excluding hydrogens is 363 g/mol. The standard InChI is InChI=1S/C18H14Cl2N2OS/c1-2-11-5-3-4-6-16(11)22-17(23)15(21-18(22)24)9-12-7-8-13(19)10-14(12)20/h3-10H,2H2,1H3,(H,21,24)/b15-9+. The molecule has 2 aromatic carbocycles. The number of para-hydroxylation sites is 1. The van der Waals surface area contributed by atoms with E-state index >= 15 is 0 Å². The van der Waals surface area contributed by atoms with Crippen LogP contribution in [-0.4, -0.2) is 11.0 Å². The molecule has 1 aliphatic heterocycles. The van der Waals surface area contributed by atoms with Gasteiger partial charge in [-0.25, -0.2) is 0 Å². The predicted octanol–water partition coefficient (Wildman–Crippen LogP) is 4.82. The second-order valence-electron chi connectivity index (χ2n) is 5.28. The summed E-state index contributed by atoms with van der Waals surface area (Å²) >= 11 is 17.4. The van der Waals surface area contributed by atoms with E-state index in [4.69, 9.17) is 35.4 Å². The van der Waals surface area contributed by atoms with E-state index in [1.807, 2.05) is 31.2 Å². The van der Waals surface area contributed by atoms with Crippen LogP contribution in [0.25, 0.3) is 6.08 Å². The van der Waals surface area contributed by atoms with Crippen molar-refractivity contribution in [3.05, 3.63) is 69.3 Å². The minimum atomic E-state index is -0.202. The van der Waals surface area contributed by atoms with Crippen molar-refractivity contribution >= 4 is 58.2 Å². The quantitative estimate of drug-likeness (QED) is 0.615. The molecule has 122 valence electrons. The van der Waals surface area contributed by atoms with Gasteiger partial charge in [0, 0.05) is 10.0 Å². The molecule has 2 aromatic rings. The second kappa shape index (κ2) is 6.93. The third-order valence-corrected chi connectivity index (χ3v) is 4.60. The third-order valence-electron chi connectivity index (χ3n) is 3.75. The highest BCUT2D eigenvalue weighted by Crippen LogP contribution is 2.28. The number of carbonyl (C=O) groups excluding carboxylic acids is 1. The van der Waals surface area contributed by atoms with Gasteiger partial charge in [-0.3, -0.25) is 9.69 Å². The molecule has 1 amide bonds. The van der Waals surface area contributed by atoms with Crippen LogP contribution in [0.2, 0.25) is 10.0 Å². The van der Waals surface area contributed by atoms with E-state index in [-0.39, 0.29) is 5.91 Å². The van der Waals surface area contributed by atoms with Crippen molar-refractivity contribution in [3.63, 3.8) is 0 Å². The Labute approximate surface area is 155 Å². The molecule has 0 unspecified atom stereocenters. The fraction of sp³-hybridized carbons (Fsp3) is 0.111. The second-order valence-corrected chi connectivity index (χ2v) is 6.51. The number of carbonyl (C=O) groups is 1. The normalized spacial score (nSPS) is 16.0. The van der Waals surface area contributed by atoms with E-state index in [0.717, 1.165) is 17.7 Å². The molecule has 1 saturated heterocycles. The lowest BCUT2D eigenvalue weighted by Crippen LogP contribution is -2.31. The van der Waals surface area contributed by atoms with Crippen molar-refractivity contribution in [1.29, 1.82) is 0 Å². The zero-order chi connectivity index (χ0) is 17.3. The Bertz CT molecular complexity index is 864. The van der Waals surface area contributed by atoms with Gasteiger partial charge in [0.15, 0.2) is 5.11 Å². The molecule has 0 radical (unpaired) electrons. The molecule has 1 fully saturated rings. The average Bonchev–Trinajstić information content (AvgIpc) is 2.84. The summed E-state index contributed by atoms with van der Waals surface area (Å²) in [7, 11) is 0. The van der Waals surface area contributed by atoms with E-state index in [9.17, 15) is 4.79 Å². The minimum Gasteiger partial charge on any atom is -0.327 e. The molecule has 0 bridgehead atoms. The highest BCUT2D eigenvalue weighted by atomic mass is 35.5. The van der Waals surface area contributed by atoms with Crippen LogP contribution in [0.15, 0.2) is 48.2 Å². The van der Waals surface area contributed by atoms with Crippen LogP contribution in [0.3, 0.4) is 0 Å². The summed E-state index contributed by atoms with van der Waals surface area (Å²) in [5.41, 5.74) is 2.94. The Hall–Kier alpha value is -1.88. The zero-order valence-electron chi connectivity index (χ0n) is 12.8. The molecule has 3 rings (SSSR count). The first-order valence-corrected chi connectivity index (χ1v) is 8.57. The molecule has 0 spiro atoms. The lowest BCUT2D eigenvalue weighted by molar-refractivity contribution is -0.113. The Balaban J connectivity index is 1.99. The fourth-order valence-corrected chi connectivity index (χ4v) is 3.31. The van der Waals surface area contributed by atoms with Gasteiger partial charge in [0.05, 0.1) is 5.69 Å². The smallest absolute Gasteiger partial charge is 0.281 e. The van der Waals surface area contributed by atoms with Crippen molar-refractivity contribution < 1.29 is 4.79 Å². The van der Waals surface area contributed by atoms with Gasteiger partial charge in [0.25, 0.3) is 5.91 Å². The summed E-state index contributed by atoms with van der Waals surface area (Å²) in [4.78, 5) is 14.3. The van der Waals surface area contributed by atoms with E-state index < -0.39 is 0 Å². The van der Waals surface area contributed by atoms with Crippen LogP contribution >= 0.6 is 35.4 Å². The van der Waals surface area contributed by atoms with Crippen LogP contribution in [-0.2, 0) is 11.2 Å². The molecule has 3 nitrogen and oxygen atoms in total. The average molecular weight is 377 g/mol. The first kappa shape index (κ1) is 17.0. The molecule has 6 heteroatoms. The largest absolute Gasteiger partial charge is 0.327 e. The molecule has 0 aliphatic carbocycles. The Morgan fingerprint density at radius 2 is 1.96 bits per heavy atom. The molecule has 1 aliphatic rings. The van der Waals surface area contributed by atoms with Crippen LogP contribution in [0, 0.1) is 0 Å². The van der Waals surface area contributed by atoms with Crippen LogP contribution < -0.4 is 10.2 Å². The lowest BCUT2D eigenvalue weighted by atomic mass is 10.1. The summed E-state index contributed by atoms with van der Waals surface area (Å²) in [5, 5.41) is 4.35. The monoisotopic (exact) mass is 376 g/mol. The molecule has 1 N–H and O–H groups in total. The van der Waals surface area contributed by atoms with Crippen molar-refractivity contribution in [2.75, 3.05) is 4.90 Å². The maximum atomic E-state index is 12.8. The number of hydrogen-bond donors (Lipinski definition) is 1. The number of anilines is 1. The number of halogens is 2. The fourth-order valence-electron chi connectivity index (χ4n) is 2.56. The summed E-state index contributed by atoms with van der Waals surface area (Å²) in [6, 6.07) is 12.8. The topological polar surface area (TPSA) is 32.3 Å². The number of thiocarbonyl (C=S) groups is 1. The molecule has 24 heavy (non-hydrogen) atoms. The summed E-state index contributed by atoms with van der Waals surface area (Å²) in [6.07, 6.45) is 2.49. The number of rotatable bonds is 3. The van der Waals surface area contributed by atoms with Gasteiger partial charge < -0.3 is 5.32 Å². The predicted molar refractivity (Wildman–Crippen MR) is 103 cm³/mol. The summed E-state index contributed by atoms with van der Waals surface area (Å²) in [5.74, 6) is -0.202. The zero-order valence-corrected chi connectivity index (χ0v) is 15.2. The van der Waals surface area contributed by atoms with Crippen LogP contribution in [0.4, 0.5) is 5.69 Å². The van der Waals surface area contributed by atoms with Crippen molar-refractivity contribution in [3.8, 4) is 0 Å². The van der Waals surface area contributed by atoms with Crippen LogP contribution in [0.1, 0.15) is 18.1 Å². The molecule has 0 saturated carbocycles. The number of hydrogen-bond acceptors (Lipinski definition) is 2. The summed E-state index contributed by atoms with van der Waals surface area (Å²) in [6.45, 7) is 2.04. The lowest BCUT2D eigenvalue weighted by Gasteiger charge is -2.17. The van der Waals surface area contributed by atoms with Crippen molar-refractivity contribution in [2.45, 2.75) is 13.3 Å². The van der Waals surface area contributed by atoms with Crippen molar-refractivity contribution in [1.82, 2.24) is 5.32 Å². The van der Waals surface area contributed by atoms with E-state index in [1.54, 1.807) is 24.3 Å². The first-order valence-electron chi connectivity index (χ1n) is 7.41. The maximum absolute atomic E-state index is 12.8. The molecule has 1 heterocycles. The minimum absolute atomic E-state index is 0.202. The highest BCUT2D eigenvalue weighted by molar-refractivity contribution is 7.80. The first-order chi connectivity index (χ1) is 11.5. The molecule has 0 aromatic heterocycles. The van der Waals surface area contributed by atoms with Gasteiger partial charge in [0.1, 0.15) is 5.70 Å². The maximum Gasteiger partial charge on any atom is 0.281 e. The van der Waals surface area contributed by atoms with Gasteiger partial charge in [-0.2, -0.15) is 0 Å². The van der Waals surface area contributed by atoms with Gasteiger partial charge in [-0.1, -0.05) is 54.4 Å². The Morgan fingerprint density at radius 3 is 2.67 bits per heavy atom. The highest BCUT2D eigenvalue weighted by Gasteiger charge is 2.33.